The molecule has 1 aliphatic rings. The number of Topliss-reactive ketones (excluding diaryl/α,β-unsaturated/α-hetero) is 1. The van der Waals surface area contributed by atoms with E-state index in [0.29, 0.717) is 18.7 Å². The van der Waals surface area contributed by atoms with Crippen LogP contribution in [-0.2, 0) is 4.74 Å². The Hall–Kier alpha value is -1.39. The molecule has 0 aromatic heterocycles. The van der Waals surface area contributed by atoms with Gasteiger partial charge in [-0.05, 0) is 30.7 Å². The number of nitrogens with one attached hydrogen (secondary N) is 1. The molecule has 0 radical (unpaired) electrons. The van der Waals surface area contributed by atoms with Crippen LogP contribution in [0.2, 0.25) is 0 Å². The molecule has 0 aliphatic carbocycles. The average Bonchev–Trinajstić information content (AvgIpc) is 2.39. The number of ketones is 1. The van der Waals surface area contributed by atoms with Crippen molar-refractivity contribution in [3.63, 3.8) is 0 Å². The van der Waals surface area contributed by atoms with Crippen molar-refractivity contribution in [3.05, 3.63) is 29.3 Å². The summed E-state index contributed by atoms with van der Waals surface area (Å²) in [5.74, 6) is 0.826. The van der Waals surface area contributed by atoms with Crippen LogP contribution in [0.5, 0.6) is 5.75 Å². The van der Waals surface area contributed by atoms with Crippen LogP contribution in [0.15, 0.2) is 18.2 Å². The number of benzene rings is 1. The Balaban J connectivity index is 2.16. The van der Waals surface area contributed by atoms with Gasteiger partial charge in [-0.3, -0.25) is 4.79 Å². The lowest BCUT2D eigenvalue weighted by atomic mass is 10.0. The van der Waals surface area contributed by atoms with Gasteiger partial charge in [-0.1, -0.05) is 0 Å². The van der Waals surface area contributed by atoms with Crippen LogP contribution < -0.4 is 10.1 Å². The molecule has 4 nitrogen and oxygen atoms in total. The fraction of sp³-hybridized carbons (Fsp3) is 0.462. The summed E-state index contributed by atoms with van der Waals surface area (Å²) in [5, 5.41) is 3.15. The molecule has 0 amide bonds. The van der Waals surface area contributed by atoms with E-state index < -0.39 is 0 Å². The van der Waals surface area contributed by atoms with Crippen LogP contribution in [0.25, 0.3) is 0 Å². The SMILES string of the molecule is COc1ccc(C(=O)C2CNCCO2)cc1C. The monoisotopic (exact) mass is 235 g/mol. The summed E-state index contributed by atoms with van der Waals surface area (Å²) in [6.07, 6.45) is -0.364. The molecule has 1 atom stereocenters. The first-order chi connectivity index (χ1) is 8.22. The zero-order valence-corrected chi connectivity index (χ0v) is 10.2. The summed E-state index contributed by atoms with van der Waals surface area (Å²) in [4.78, 5) is 12.1. The van der Waals surface area contributed by atoms with Crippen molar-refractivity contribution in [2.45, 2.75) is 13.0 Å². The molecule has 1 aromatic rings. The fourth-order valence-corrected chi connectivity index (χ4v) is 1.95. The molecule has 1 aliphatic heterocycles. The van der Waals surface area contributed by atoms with E-state index in [-0.39, 0.29) is 11.9 Å². The zero-order valence-electron chi connectivity index (χ0n) is 10.2. The Morgan fingerprint density at radius 2 is 2.35 bits per heavy atom. The third-order valence-corrected chi connectivity index (χ3v) is 2.90. The summed E-state index contributed by atoms with van der Waals surface area (Å²) >= 11 is 0. The first kappa shape index (κ1) is 12.1. The summed E-state index contributed by atoms with van der Waals surface area (Å²) in [6, 6.07) is 5.45. The van der Waals surface area contributed by atoms with Crippen LogP contribution in [0.1, 0.15) is 15.9 Å². The second-order valence-electron chi connectivity index (χ2n) is 4.11. The number of methoxy groups -OCH3 is 1. The molecule has 0 saturated carbocycles. The Morgan fingerprint density at radius 1 is 1.53 bits per heavy atom. The van der Waals surface area contributed by atoms with Gasteiger partial charge in [0.1, 0.15) is 11.9 Å². The van der Waals surface area contributed by atoms with Crippen molar-refractivity contribution in [2.75, 3.05) is 26.8 Å². The minimum atomic E-state index is -0.364. The van der Waals surface area contributed by atoms with E-state index in [9.17, 15) is 4.79 Å². The maximum Gasteiger partial charge on any atom is 0.192 e. The molecule has 2 rings (SSSR count). The average molecular weight is 235 g/mol. The predicted molar refractivity (Wildman–Crippen MR) is 64.7 cm³/mol. The minimum absolute atomic E-state index is 0.0305. The normalized spacial score (nSPS) is 20.0. The number of rotatable bonds is 3. The summed E-state index contributed by atoms with van der Waals surface area (Å²) in [7, 11) is 1.62. The highest BCUT2D eigenvalue weighted by atomic mass is 16.5. The maximum absolute atomic E-state index is 12.1. The van der Waals surface area contributed by atoms with Crippen LogP contribution in [0, 0.1) is 6.92 Å². The molecular weight excluding hydrogens is 218 g/mol. The first-order valence-corrected chi connectivity index (χ1v) is 5.73. The summed E-state index contributed by atoms with van der Waals surface area (Å²) in [6.45, 7) is 3.91. The van der Waals surface area contributed by atoms with Crippen LogP contribution in [-0.4, -0.2) is 38.7 Å². The molecule has 4 heteroatoms. The number of carbonyl (C=O) groups is 1. The van der Waals surface area contributed by atoms with E-state index in [1.54, 1.807) is 13.2 Å². The highest BCUT2D eigenvalue weighted by molar-refractivity contribution is 6.00. The van der Waals surface area contributed by atoms with Crippen LogP contribution in [0.3, 0.4) is 0 Å². The topological polar surface area (TPSA) is 47.6 Å². The van der Waals surface area contributed by atoms with E-state index in [2.05, 4.69) is 5.32 Å². The van der Waals surface area contributed by atoms with Crippen molar-refractivity contribution >= 4 is 5.78 Å². The van der Waals surface area contributed by atoms with Crippen LogP contribution >= 0.6 is 0 Å². The lowest BCUT2D eigenvalue weighted by molar-refractivity contribution is 0.0269. The molecular formula is C13H17NO3. The minimum Gasteiger partial charge on any atom is -0.496 e. The number of aryl methyl sites for hydroxylation is 1. The van der Waals surface area contributed by atoms with Gasteiger partial charge in [-0.15, -0.1) is 0 Å². The molecule has 1 saturated heterocycles. The van der Waals surface area contributed by atoms with Gasteiger partial charge in [0, 0.05) is 18.7 Å². The lowest BCUT2D eigenvalue weighted by Crippen LogP contribution is -2.43. The van der Waals surface area contributed by atoms with Gasteiger partial charge in [-0.2, -0.15) is 0 Å². The van der Waals surface area contributed by atoms with Gasteiger partial charge in [0.05, 0.1) is 13.7 Å². The molecule has 17 heavy (non-hydrogen) atoms. The maximum atomic E-state index is 12.1. The predicted octanol–water partition coefficient (Wildman–Crippen LogP) is 1.17. The number of morpholine rings is 1. The van der Waals surface area contributed by atoms with E-state index in [1.165, 1.54) is 0 Å². The Bertz CT molecular complexity index is 411. The third-order valence-electron chi connectivity index (χ3n) is 2.90. The molecule has 1 fully saturated rings. The van der Waals surface area contributed by atoms with Crippen molar-refractivity contribution in [3.8, 4) is 5.75 Å². The van der Waals surface area contributed by atoms with Gasteiger partial charge < -0.3 is 14.8 Å². The van der Waals surface area contributed by atoms with Crippen molar-refractivity contribution in [1.29, 1.82) is 0 Å². The van der Waals surface area contributed by atoms with E-state index >= 15 is 0 Å². The summed E-state index contributed by atoms with van der Waals surface area (Å²) < 4.78 is 10.6. The zero-order chi connectivity index (χ0) is 12.3. The standard InChI is InChI=1S/C13H17NO3/c1-9-7-10(3-4-11(9)16-2)13(15)12-8-14-5-6-17-12/h3-4,7,12,14H,5-6,8H2,1-2H3. The molecule has 92 valence electrons. The largest absolute Gasteiger partial charge is 0.496 e. The van der Waals surface area contributed by atoms with E-state index in [4.69, 9.17) is 9.47 Å². The second kappa shape index (κ2) is 5.29. The quantitative estimate of drug-likeness (QED) is 0.799. The Morgan fingerprint density at radius 3 is 2.94 bits per heavy atom. The van der Waals surface area contributed by atoms with Crippen molar-refractivity contribution < 1.29 is 14.3 Å². The molecule has 1 unspecified atom stereocenters. The smallest absolute Gasteiger partial charge is 0.192 e. The van der Waals surface area contributed by atoms with E-state index in [0.717, 1.165) is 17.9 Å². The van der Waals surface area contributed by atoms with Gasteiger partial charge in [0.2, 0.25) is 0 Å². The molecule has 1 N–H and O–H groups in total. The van der Waals surface area contributed by atoms with Gasteiger partial charge >= 0.3 is 0 Å². The number of hydrogen-bond donors (Lipinski definition) is 1. The molecule has 0 spiro atoms. The third kappa shape index (κ3) is 2.65. The number of ether oxygens (including phenoxy) is 2. The molecule has 1 aromatic carbocycles. The summed E-state index contributed by atoms with van der Waals surface area (Å²) in [5.41, 5.74) is 1.64. The fourth-order valence-electron chi connectivity index (χ4n) is 1.95. The molecule has 1 heterocycles. The van der Waals surface area contributed by atoms with Crippen LogP contribution in [0.4, 0.5) is 0 Å². The van der Waals surface area contributed by atoms with E-state index in [1.807, 2.05) is 19.1 Å². The van der Waals surface area contributed by atoms with Gasteiger partial charge in [-0.25, -0.2) is 0 Å². The first-order valence-electron chi connectivity index (χ1n) is 5.73. The van der Waals surface area contributed by atoms with Gasteiger partial charge in [0.25, 0.3) is 0 Å². The Kier molecular flexibility index (Phi) is 3.76. The van der Waals surface area contributed by atoms with Gasteiger partial charge in [0.15, 0.2) is 5.78 Å². The van der Waals surface area contributed by atoms with Crippen molar-refractivity contribution in [1.82, 2.24) is 5.32 Å². The van der Waals surface area contributed by atoms with Crippen molar-refractivity contribution in [2.24, 2.45) is 0 Å². The number of hydrogen-bond acceptors (Lipinski definition) is 4. The highest BCUT2D eigenvalue weighted by Gasteiger charge is 2.23. The highest BCUT2D eigenvalue weighted by Crippen LogP contribution is 2.20. The Labute approximate surface area is 101 Å². The lowest BCUT2D eigenvalue weighted by Gasteiger charge is -2.22. The number of carbonyl (C=O) groups excluding carboxylic acids is 1. The second-order valence-corrected chi connectivity index (χ2v) is 4.11. The molecule has 0 bridgehead atoms.